The number of pyridine rings is 1. The fourth-order valence-electron chi connectivity index (χ4n) is 4.28. The molecule has 1 fully saturated rings. The quantitative estimate of drug-likeness (QED) is 0.825. The molecule has 1 aliphatic heterocycles. The van der Waals surface area contributed by atoms with E-state index in [1.165, 1.54) is 61.9 Å². The maximum absolute atomic E-state index is 6.25. The van der Waals surface area contributed by atoms with Gasteiger partial charge in [0.2, 0.25) is 0 Å². The lowest BCUT2D eigenvalue weighted by Gasteiger charge is -2.19. The van der Waals surface area contributed by atoms with Gasteiger partial charge in [-0.3, -0.25) is 4.90 Å². The Morgan fingerprint density at radius 1 is 0.923 bits per heavy atom. The molecule has 0 unspecified atom stereocenters. The molecule has 0 bridgehead atoms. The van der Waals surface area contributed by atoms with Crippen molar-refractivity contribution in [1.29, 1.82) is 0 Å². The van der Waals surface area contributed by atoms with Crippen LogP contribution in [0.4, 0.5) is 5.82 Å². The number of nitrogens with two attached hydrogens (primary N) is 1. The van der Waals surface area contributed by atoms with Crippen LogP contribution in [0.5, 0.6) is 5.75 Å². The van der Waals surface area contributed by atoms with Gasteiger partial charge in [0.05, 0.1) is 5.69 Å². The van der Waals surface area contributed by atoms with Gasteiger partial charge < -0.3 is 10.5 Å². The molecule has 2 aliphatic rings. The van der Waals surface area contributed by atoms with Crippen LogP contribution in [0.1, 0.15) is 43.2 Å². The number of likely N-dealkylation sites (tertiary alicyclic amines) is 1. The summed E-state index contributed by atoms with van der Waals surface area (Å²) in [5.74, 6) is 1.66. The summed E-state index contributed by atoms with van der Waals surface area (Å²) >= 11 is 0. The molecule has 0 atom stereocenters. The standard InChI is InChI=1S/C22H29N3O/c23-22-10-6-9-20(24-22)18-11-12-21(19-8-3-1-2-7-17(18)19)26-16-15-25-13-4-5-14-25/h6,9-12H,1-5,7-8,13-16H2,(H2,23,24). The first-order valence-electron chi connectivity index (χ1n) is 10.0. The Labute approximate surface area is 156 Å². The fraction of sp³-hybridized carbons (Fsp3) is 0.500. The molecule has 1 aromatic carbocycles. The molecule has 2 heterocycles. The maximum Gasteiger partial charge on any atom is 0.124 e. The third kappa shape index (κ3) is 3.85. The zero-order valence-corrected chi connectivity index (χ0v) is 15.5. The predicted molar refractivity (Wildman–Crippen MR) is 107 cm³/mol. The lowest BCUT2D eigenvalue weighted by Crippen LogP contribution is -2.25. The van der Waals surface area contributed by atoms with Crippen LogP contribution in [0.3, 0.4) is 0 Å². The third-order valence-corrected chi connectivity index (χ3v) is 5.65. The number of nitrogen functional groups attached to an aromatic ring is 1. The highest BCUT2D eigenvalue weighted by atomic mass is 16.5. The Kier molecular flexibility index (Phi) is 5.40. The molecule has 0 radical (unpaired) electrons. The summed E-state index contributed by atoms with van der Waals surface area (Å²) in [6, 6.07) is 10.2. The number of fused-ring (bicyclic) bond motifs is 1. The molecule has 4 nitrogen and oxygen atoms in total. The summed E-state index contributed by atoms with van der Waals surface area (Å²) in [5.41, 5.74) is 10.9. The van der Waals surface area contributed by atoms with E-state index in [1.807, 2.05) is 12.1 Å². The Morgan fingerprint density at radius 3 is 2.54 bits per heavy atom. The van der Waals surface area contributed by atoms with Crippen LogP contribution in [-0.4, -0.2) is 36.1 Å². The minimum atomic E-state index is 0.579. The first-order valence-corrected chi connectivity index (χ1v) is 10.0. The Balaban J connectivity index is 1.59. The van der Waals surface area contributed by atoms with Crippen molar-refractivity contribution in [2.24, 2.45) is 0 Å². The van der Waals surface area contributed by atoms with E-state index in [9.17, 15) is 0 Å². The highest BCUT2D eigenvalue weighted by molar-refractivity contribution is 5.69. The molecule has 0 saturated carbocycles. The summed E-state index contributed by atoms with van der Waals surface area (Å²) in [7, 11) is 0. The van der Waals surface area contributed by atoms with Gasteiger partial charge in [0.25, 0.3) is 0 Å². The van der Waals surface area contributed by atoms with E-state index in [2.05, 4.69) is 28.1 Å². The predicted octanol–water partition coefficient (Wildman–Crippen LogP) is 4.07. The topological polar surface area (TPSA) is 51.4 Å². The monoisotopic (exact) mass is 351 g/mol. The number of hydrogen-bond acceptors (Lipinski definition) is 4. The van der Waals surface area contributed by atoms with E-state index in [4.69, 9.17) is 10.5 Å². The van der Waals surface area contributed by atoms with Crippen molar-refractivity contribution < 1.29 is 4.74 Å². The summed E-state index contributed by atoms with van der Waals surface area (Å²) < 4.78 is 6.25. The van der Waals surface area contributed by atoms with Crippen LogP contribution in [0.2, 0.25) is 0 Å². The molecular formula is C22H29N3O. The van der Waals surface area contributed by atoms with Gasteiger partial charge in [-0.2, -0.15) is 0 Å². The molecule has 2 aromatic rings. The lowest BCUT2D eigenvalue weighted by molar-refractivity contribution is 0.236. The van der Waals surface area contributed by atoms with E-state index in [1.54, 1.807) is 0 Å². The fourth-order valence-corrected chi connectivity index (χ4v) is 4.28. The Bertz CT molecular complexity index is 753. The molecule has 138 valence electrons. The number of hydrogen-bond donors (Lipinski definition) is 1. The van der Waals surface area contributed by atoms with E-state index >= 15 is 0 Å². The molecule has 4 heteroatoms. The van der Waals surface area contributed by atoms with Crippen molar-refractivity contribution in [3.63, 3.8) is 0 Å². The molecule has 4 rings (SSSR count). The Morgan fingerprint density at radius 2 is 1.73 bits per heavy atom. The first kappa shape index (κ1) is 17.3. The largest absolute Gasteiger partial charge is 0.492 e. The Hall–Kier alpha value is -2.07. The molecular weight excluding hydrogens is 322 g/mol. The van der Waals surface area contributed by atoms with Gasteiger partial charge in [-0.15, -0.1) is 0 Å². The number of anilines is 1. The minimum absolute atomic E-state index is 0.579. The van der Waals surface area contributed by atoms with Crippen LogP contribution in [0.25, 0.3) is 11.3 Å². The summed E-state index contributed by atoms with van der Waals surface area (Å²) in [4.78, 5) is 7.06. The van der Waals surface area contributed by atoms with Crippen LogP contribution >= 0.6 is 0 Å². The van der Waals surface area contributed by atoms with Gasteiger partial charge in [-0.05, 0) is 87.0 Å². The van der Waals surface area contributed by atoms with Gasteiger partial charge in [-0.1, -0.05) is 12.5 Å². The van der Waals surface area contributed by atoms with E-state index in [-0.39, 0.29) is 0 Å². The van der Waals surface area contributed by atoms with Gasteiger partial charge in [-0.25, -0.2) is 4.98 Å². The summed E-state index contributed by atoms with van der Waals surface area (Å²) in [5, 5.41) is 0. The maximum atomic E-state index is 6.25. The van der Waals surface area contributed by atoms with E-state index in [0.717, 1.165) is 37.4 Å². The number of benzene rings is 1. The molecule has 1 aliphatic carbocycles. The normalized spacial score (nSPS) is 17.7. The highest BCUT2D eigenvalue weighted by Crippen LogP contribution is 2.36. The van der Waals surface area contributed by atoms with Crippen LogP contribution in [0, 0.1) is 0 Å². The van der Waals surface area contributed by atoms with E-state index < -0.39 is 0 Å². The van der Waals surface area contributed by atoms with Crippen molar-refractivity contribution in [1.82, 2.24) is 9.88 Å². The van der Waals surface area contributed by atoms with Crippen molar-refractivity contribution in [3.05, 3.63) is 41.5 Å². The van der Waals surface area contributed by atoms with Crippen LogP contribution in [-0.2, 0) is 12.8 Å². The molecule has 1 saturated heterocycles. The van der Waals surface area contributed by atoms with Gasteiger partial charge >= 0.3 is 0 Å². The van der Waals surface area contributed by atoms with Crippen LogP contribution in [0.15, 0.2) is 30.3 Å². The average Bonchev–Trinajstić information content (AvgIpc) is 3.04. The summed E-state index contributed by atoms with van der Waals surface area (Å²) in [6.45, 7) is 4.26. The highest BCUT2D eigenvalue weighted by Gasteiger charge is 2.19. The second-order valence-corrected chi connectivity index (χ2v) is 7.47. The van der Waals surface area contributed by atoms with Crippen molar-refractivity contribution in [2.45, 2.75) is 44.9 Å². The zero-order chi connectivity index (χ0) is 17.8. The lowest BCUT2D eigenvalue weighted by atomic mass is 9.94. The zero-order valence-electron chi connectivity index (χ0n) is 15.5. The number of ether oxygens (including phenoxy) is 1. The van der Waals surface area contributed by atoms with Gasteiger partial charge in [0, 0.05) is 12.1 Å². The second-order valence-electron chi connectivity index (χ2n) is 7.47. The van der Waals surface area contributed by atoms with Crippen LogP contribution < -0.4 is 10.5 Å². The summed E-state index contributed by atoms with van der Waals surface area (Å²) in [6.07, 6.45) is 8.62. The number of nitrogens with zero attached hydrogens (tertiary/aromatic N) is 2. The van der Waals surface area contributed by atoms with E-state index in [0.29, 0.717) is 5.82 Å². The third-order valence-electron chi connectivity index (χ3n) is 5.65. The molecule has 1 aromatic heterocycles. The minimum Gasteiger partial charge on any atom is -0.492 e. The van der Waals surface area contributed by atoms with Crippen molar-refractivity contribution >= 4 is 5.82 Å². The van der Waals surface area contributed by atoms with Gasteiger partial charge in [0.15, 0.2) is 0 Å². The second kappa shape index (κ2) is 8.09. The van der Waals surface area contributed by atoms with Crippen molar-refractivity contribution in [3.8, 4) is 17.0 Å². The number of rotatable bonds is 5. The average molecular weight is 351 g/mol. The molecule has 0 amide bonds. The SMILES string of the molecule is Nc1cccc(-c2ccc(OCCN3CCCC3)c3c2CCCCC3)n1. The smallest absolute Gasteiger partial charge is 0.124 e. The molecule has 26 heavy (non-hydrogen) atoms. The molecule has 0 spiro atoms. The van der Waals surface area contributed by atoms with Gasteiger partial charge in [0.1, 0.15) is 18.2 Å². The van der Waals surface area contributed by atoms with Crippen molar-refractivity contribution in [2.75, 3.05) is 32.0 Å². The molecule has 2 N–H and O–H groups in total. The number of aromatic nitrogens is 1. The first-order chi connectivity index (χ1) is 12.8.